The molecule has 0 N–H and O–H groups in total. The lowest BCUT2D eigenvalue weighted by Crippen LogP contribution is -2.28. The van der Waals surface area contributed by atoms with E-state index in [2.05, 4.69) is 13.8 Å². The van der Waals surface area contributed by atoms with E-state index in [0.717, 1.165) is 18.4 Å². The third-order valence-electron chi connectivity index (χ3n) is 3.91. The summed E-state index contributed by atoms with van der Waals surface area (Å²) in [6, 6.07) is 7.22. The molecule has 0 aliphatic heterocycles. The van der Waals surface area contributed by atoms with Gasteiger partial charge in [-0.05, 0) is 43.7 Å². The van der Waals surface area contributed by atoms with Crippen LogP contribution in [0.25, 0.3) is 0 Å². The summed E-state index contributed by atoms with van der Waals surface area (Å²) in [5.74, 6) is 0.549. The van der Waals surface area contributed by atoms with Crippen molar-refractivity contribution < 1.29 is 8.42 Å². The summed E-state index contributed by atoms with van der Waals surface area (Å²) in [5, 5.41) is -0.204. The molecule has 2 nitrogen and oxygen atoms in total. The van der Waals surface area contributed by atoms with Gasteiger partial charge in [0.05, 0.1) is 10.1 Å². The molecule has 2 rings (SSSR count). The van der Waals surface area contributed by atoms with Crippen molar-refractivity contribution in [1.82, 2.24) is 0 Å². The number of rotatable bonds is 2. The van der Waals surface area contributed by atoms with Gasteiger partial charge in [0.25, 0.3) is 0 Å². The summed E-state index contributed by atoms with van der Waals surface area (Å²) in [5.41, 5.74) is 1.09. The van der Waals surface area contributed by atoms with Crippen LogP contribution >= 0.6 is 0 Å². The highest BCUT2D eigenvalue weighted by Crippen LogP contribution is 2.38. The van der Waals surface area contributed by atoms with E-state index in [0.29, 0.717) is 4.90 Å². The maximum absolute atomic E-state index is 12.6. The molecule has 1 aromatic carbocycles. The maximum Gasteiger partial charge on any atom is 0.181 e. The van der Waals surface area contributed by atoms with Gasteiger partial charge in [-0.2, -0.15) is 0 Å². The van der Waals surface area contributed by atoms with Crippen LogP contribution in [0.1, 0.15) is 32.3 Å². The Bertz CT molecular complexity index is 477. The van der Waals surface area contributed by atoms with Crippen LogP contribution in [-0.4, -0.2) is 13.7 Å². The fourth-order valence-corrected chi connectivity index (χ4v) is 5.24. The van der Waals surface area contributed by atoms with Crippen LogP contribution in [0.5, 0.6) is 0 Å². The quantitative estimate of drug-likeness (QED) is 0.810. The van der Waals surface area contributed by atoms with Crippen molar-refractivity contribution in [3.8, 4) is 0 Å². The fraction of sp³-hybridized carbons (Fsp3) is 0.571. The molecule has 0 heterocycles. The Morgan fingerprint density at radius 1 is 1.00 bits per heavy atom. The molecule has 0 bridgehead atoms. The Balaban J connectivity index is 2.39. The highest BCUT2D eigenvalue weighted by molar-refractivity contribution is 7.92. The van der Waals surface area contributed by atoms with Crippen molar-refractivity contribution in [2.75, 3.05) is 0 Å². The first-order chi connectivity index (χ1) is 7.93. The molecule has 1 aliphatic carbocycles. The lowest BCUT2D eigenvalue weighted by molar-refractivity contribution is 0.509. The Labute approximate surface area is 104 Å². The van der Waals surface area contributed by atoms with E-state index in [9.17, 15) is 8.42 Å². The van der Waals surface area contributed by atoms with Gasteiger partial charge in [0.1, 0.15) is 0 Å². The van der Waals surface area contributed by atoms with Gasteiger partial charge in [0.15, 0.2) is 9.84 Å². The highest BCUT2D eigenvalue weighted by atomic mass is 32.2. The molecule has 0 amide bonds. The van der Waals surface area contributed by atoms with Gasteiger partial charge < -0.3 is 0 Å². The summed E-state index contributed by atoms with van der Waals surface area (Å²) in [6.45, 7) is 6.08. The Kier molecular flexibility index (Phi) is 3.30. The lowest BCUT2D eigenvalue weighted by Gasteiger charge is -2.20. The van der Waals surface area contributed by atoms with E-state index >= 15 is 0 Å². The van der Waals surface area contributed by atoms with Crippen LogP contribution in [0.4, 0.5) is 0 Å². The molecule has 0 spiro atoms. The average Bonchev–Trinajstić information content (AvgIpc) is 2.59. The van der Waals surface area contributed by atoms with Gasteiger partial charge in [0, 0.05) is 0 Å². The topological polar surface area (TPSA) is 34.1 Å². The molecule has 0 saturated heterocycles. The highest BCUT2D eigenvalue weighted by Gasteiger charge is 2.40. The largest absolute Gasteiger partial charge is 0.223 e. The zero-order valence-corrected chi connectivity index (χ0v) is 11.5. The molecule has 94 valence electrons. The van der Waals surface area contributed by atoms with Gasteiger partial charge in [-0.25, -0.2) is 8.42 Å². The van der Waals surface area contributed by atoms with Gasteiger partial charge in [-0.3, -0.25) is 0 Å². The fourth-order valence-electron chi connectivity index (χ4n) is 2.91. The predicted octanol–water partition coefficient (Wildman–Crippen LogP) is 3.20. The van der Waals surface area contributed by atoms with Crippen LogP contribution in [-0.2, 0) is 9.84 Å². The standard InChI is InChI=1S/C14H20O2S/c1-10-4-8-13(9-5-10)17(15,16)14-11(2)6-7-12(14)3/h4-5,8-9,11-12,14H,6-7H2,1-3H3. The van der Waals surface area contributed by atoms with E-state index in [1.54, 1.807) is 12.1 Å². The summed E-state index contributed by atoms with van der Waals surface area (Å²) in [4.78, 5) is 0.480. The van der Waals surface area contributed by atoms with Gasteiger partial charge in [-0.1, -0.05) is 31.5 Å². The zero-order valence-electron chi connectivity index (χ0n) is 10.7. The molecule has 2 unspecified atom stereocenters. The number of hydrogen-bond donors (Lipinski definition) is 0. The van der Waals surface area contributed by atoms with Gasteiger partial charge >= 0.3 is 0 Å². The summed E-state index contributed by atoms with van der Waals surface area (Å²) < 4.78 is 25.1. The van der Waals surface area contributed by atoms with Crippen LogP contribution in [0.15, 0.2) is 29.2 Å². The predicted molar refractivity (Wildman–Crippen MR) is 69.7 cm³/mol. The molecule has 1 aromatic rings. The van der Waals surface area contributed by atoms with E-state index in [4.69, 9.17) is 0 Å². The maximum atomic E-state index is 12.6. The molecule has 0 radical (unpaired) electrons. The van der Waals surface area contributed by atoms with Gasteiger partial charge in [-0.15, -0.1) is 0 Å². The first-order valence-corrected chi connectivity index (χ1v) is 7.78. The molecule has 2 atom stereocenters. The molecule has 1 saturated carbocycles. The number of sulfone groups is 1. The summed E-state index contributed by atoms with van der Waals surface area (Å²) >= 11 is 0. The van der Waals surface area contributed by atoms with Crippen molar-refractivity contribution in [2.45, 2.75) is 43.8 Å². The monoisotopic (exact) mass is 252 g/mol. The average molecular weight is 252 g/mol. The second-order valence-electron chi connectivity index (χ2n) is 5.35. The zero-order chi connectivity index (χ0) is 12.6. The minimum atomic E-state index is -3.15. The summed E-state index contributed by atoms with van der Waals surface area (Å²) in [7, 11) is -3.15. The number of aryl methyl sites for hydroxylation is 1. The van der Waals surface area contributed by atoms with Crippen molar-refractivity contribution in [3.05, 3.63) is 29.8 Å². The van der Waals surface area contributed by atoms with Crippen LogP contribution in [0, 0.1) is 18.8 Å². The number of hydrogen-bond acceptors (Lipinski definition) is 2. The minimum Gasteiger partial charge on any atom is -0.223 e. The van der Waals surface area contributed by atoms with Crippen molar-refractivity contribution >= 4 is 9.84 Å². The third-order valence-corrected chi connectivity index (χ3v) is 6.48. The second kappa shape index (κ2) is 4.45. The van der Waals surface area contributed by atoms with Crippen molar-refractivity contribution in [3.63, 3.8) is 0 Å². The third kappa shape index (κ3) is 2.25. The first-order valence-electron chi connectivity index (χ1n) is 6.23. The Morgan fingerprint density at radius 2 is 1.47 bits per heavy atom. The van der Waals surface area contributed by atoms with Crippen molar-refractivity contribution in [2.24, 2.45) is 11.8 Å². The molecule has 17 heavy (non-hydrogen) atoms. The van der Waals surface area contributed by atoms with Crippen molar-refractivity contribution in [1.29, 1.82) is 0 Å². The molecular formula is C14H20O2S. The summed E-state index contributed by atoms with van der Waals surface area (Å²) in [6.07, 6.45) is 2.05. The SMILES string of the molecule is Cc1ccc(S(=O)(=O)C2C(C)CCC2C)cc1. The van der Waals surface area contributed by atoms with E-state index in [1.165, 1.54) is 0 Å². The normalized spacial score (nSPS) is 29.5. The van der Waals surface area contributed by atoms with Crippen LogP contribution in [0.3, 0.4) is 0 Å². The molecule has 0 aromatic heterocycles. The molecule has 1 fully saturated rings. The molecular weight excluding hydrogens is 232 g/mol. The number of benzene rings is 1. The van der Waals surface area contributed by atoms with Crippen LogP contribution < -0.4 is 0 Å². The minimum absolute atomic E-state index is 0.204. The van der Waals surface area contributed by atoms with Crippen LogP contribution in [0.2, 0.25) is 0 Å². The smallest absolute Gasteiger partial charge is 0.181 e. The Hall–Kier alpha value is -0.830. The molecule has 1 aliphatic rings. The van der Waals surface area contributed by atoms with E-state index < -0.39 is 9.84 Å². The lowest BCUT2D eigenvalue weighted by atomic mass is 10.1. The van der Waals surface area contributed by atoms with E-state index in [1.807, 2.05) is 19.1 Å². The Morgan fingerprint density at radius 3 is 1.94 bits per heavy atom. The van der Waals surface area contributed by atoms with Gasteiger partial charge in [0.2, 0.25) is 0 Å². The second-order valence-corrected chi connectivity index (χ2v) is 7.46. The van der Waals surface area contributed by atoms with E-state index in [-0.39, 0.29) is 17.1 Å². The molecule has 3 heteroatoms. The first kappa shape index (κ1) is 12.6.